The molecule has 0 heterocycles. The molecule has 2 rings (SSSR count). The Labute approximate surface area is 154 Å². The van der Waals surface area contributed by atoms with Crippen LogP contribution in [0.5, 0.6) is 5.75 Å². The van der Waals surface area contributed by atoms with Crippen LogP contribution in [0.3, 0.4) is 0 Å². The highest BCUT2D eigenvalue weighted by atomic mass is 16.5. The highest BCUT2D eigenvalue weighted by Crippen LogP contribution is 2.21. The van der Waals surface area contributed by atoms with Crippen molar-refractivity contribution < 1.29 is 19.1 Å². The molecule has 1 N–H and O–H groups in total. The summed E-state index contributed by atoms with van der Waals surface area (Å²) >= 11 is 0. The molecule has 5 nitrogen and oxygen atoms in total. The Morgan fingerprint density at radius 2 is 1.65 bits per heavy atom. The first kappa shape index (κ1) is 19.5. The molecule has 26 heavy (non-hydrogen) atoms. The summed E-state index contributed by atoms with van der Waals surface area (Å²) < 4.78 is 10.4. The first-order valence-electron chi connectivity index (χ1n) is 8.83. The normalized spacial score (nSPS) is 11.5. The third-order valence-corrected chi connectivity index (χ3v) is 4.11. The van der Waals surface area contributed by atoms with Gasteiger partial charge in [0.25, 0.3) is 5.91 Å². The van der Waals surface area contributed by atoms with Crippen molar-refractivity contribution in [1.29, 1.82) is 0 Å². The van der Waals surface area contributed by atoms with Gasteiger partial charge in [-0.05, 0) is 61.2 Å². The third kappa shape index (κ3) is 5.62. The van der Waals surface area contributed by atoms with Gasteiger partial charge in [-0.15, -0.1) is 0 Å². The zero-order valence-electron chi connectivity index (χ0n) is 15.5. The number of nitrogens with one attached hydrogen (secondary N) is 1. The van der Waals surface area contributed by atoms with E-state index in [1.54, 1.807) is 31.2 Å². The van der Waals surface area contributed by atoms with Crippen molar-refractivity contribution in [3.8, 4) is 5.75 Å². The van der Waals surface area contributed by atoms with E-state index in [0.717, 1.165) is 6.42 Å². The second-order valence-corrected chi connectivity index (χ2v) is 6.01. The lowest BCUT2D eigenvalue weighted by atomic mass is 9.99. The molecule has 0 aromatic heterocycles. The number of anilines is 1. The van der Waals surface area contributed by atoms with Crippen LogP contribution in [-0.4, -0.2) is 25.1 Å². The van der Waals surface area contributed by atoms with Gasteiger partial charge in [-0.25, -0.2) is 4.79 Å². The topological polar surface area (TPSA) is 64.6 Å². The van der Waals surface area contributed by atoms with E-state index in [-0.39, 0.29) is 18.5 Å². The van der Waals surface area contributed by atoms with Crippen molar-refractivity contribution in [2.24, 2.45) is 0 Å². The zero-order valence-corrected chi connectivity index (χ0v) is 15.5. The molecular formula is C21H25NO4. The van der Waals surface area contributed by atoms with Gasteiger partial charge in [0.1, 0.15) is 5.75 Å². The third-order valence-electron chi connectivity index (χ3n) is 4.11. The van der Waals surface area contributed by atoms with Crippen molar-refractivity contribution in [2.75, 3.05) is 18.5 Å². The summed E-state index contributed by atoms with van der Waals surface area (Å²) in [5.74, 6) is 0.518. The van der Waals surface area contributed by atoms with Crippen LogP contribution in [0.25, 0.3) is 0 Å². The molecule has 0 bridgehead atoms. The molecule has 0 aliphatic rings. The molecule has 0 saturated carbocycles. The van der Waals surface area contributed by atoms with Crippen molar-refractivity contribution in [1.82, 2.24) is 0 Å². The van der Waals surface area contributed by atoms with E-state index in [4.69, 9.17) is 9.47 Å². The number of amides is 1. The van der Waals surface area contributed by atoms with Crippen LogP contribution >= 0.6 is 0 Å². The second-order valence-electron chi connectivity index (χ2n) is 6.01. The van der Waals surface area contributed by atoms with Gasteiger partial charge < -0.3 is 14.8 Å². The molecule has 1 amide bonds. The number of carbonyl (C=O) groups is 2. The Morgan fingerprint density at radius 3 is 2.23 bits per heavy atom. The minimum absolute atomic E-state index is 0.0810. The molecule has 0 saturated heterocycles. The minimum Gasteiger partial charge on any atom is -0.484 e. The number of hydrogen-bond donors (Lipinski definition) is 1. The fraction of sp³-hybridized carbons (Fsp3) is 0.333. The SMILES string of the molecule is CCOC(=O)c1ccc(NC(=O)COc2ccc([C@H](C)CC)cc2)cc1. The zero-order chi connectivity index (χ0) is 18.9. The quantitative estimate of drug-likeness (QED) is 0.713. The van der Waals surface area contributed by atoms with Gasteiger partial charge in [-0.2, -0.15) is 0 Å². The van der Waals surface area contributed by atoms with Gasteiger partial charge in [0.05, 0.1) is 12.2 Å². The molecule has 2 aromatic rings. The maximum absolute atomic E-state index is 12.0. The number of rotatable bonds is 8. The fourth-order valence-electron chi connectivity index (χ4n) is 2.38. The summed E-state index contributed by atoms with van der Waals surface area (Å²) in [6, 6.07) is 14.3. The monoisotopic (exact) mass is 355 g/mol. The van der Waals surface area contributed by atoms with Crippen molar-refractivity contribution in [3.63, 3.8) is 0 Å². The summed E-state index contributed by atoms with van der Waals surface area (Å²) in [7, 11) is 0. The van der Waals surface area contributed by atoms with E-state index in [1.807, 2.05) is 24.3 Å². The first-order chi connectivity index (χ1) is 12.5. The molecule has 0 spiro atoms. The number of esters is 1. The van der Waals surface area contributed by atoms with Crippen LogP contribution in [0.1, 0.15) is 49.0 Å². The standard InChI is InChI=1S/C21H25NO4/c1-4-15(3)16-8-12-19(13-9-16)26-14-20(23)22-18-10-6-17(7-11-18)21(24)25-5-2/h6-13,15H,4-5,14H2,1-3H3,(H,22,23)/t15-/m1/s1. The molecule has 138 valence electrons. The largest absolute Gasteiger partial charge is 0.484 e. The Balaban J connectivity index is 1.84. The Bertz CT molecular complexity index is 723. The summed E-state index contributed by atoms with van der Waals surface area (Å²) in [4.78, 5) is 23.6. The van der Waals surface area contributed by atoms with Gasteiger partial charge in [-0.1, -0.05) is 26.0 Å². The van der Waals surface area contributed by atoms with E-state index < -0.39 is 0 Å². The van der Waals surface area contributed by atoms with Crippen molar-refractivity contribution in [3.05, 3.63) is 59.7 Å². The highest BCUT2D eigenvalue weighted by molar-refractivity contribution is 5.93. The van der Waals surface area contributed by atoms with Crippen LogP contribution < -0.4 is 10.1 Å². The molecular weight excluding hydrogens is 330 g/mol. The molecule has 0 aliphatic heterocycles. The van der Waals surface area contributed by atoms with Gasteiger partial charge in [0.2, 0.25) is 0 Å². The summed E-state index contributed by atoms with van der Waals surface area (Å²) in [6.45, 7) is 6.33. The van der Waals surface area contributed by atoms with Crippen LogP contribution in [0.4, 0.5) is 5.69 Å². The number of carbonyl (C=O) groups excluding carboxylic acids is 2. The second kappa shape index (κ2) is 9.61. The lowest BCUT2D eigenvalue weighted by molar-refractivity contribution is -0.118. The van der Waals surface area contributed by atoms with Gasteiger partial charge in [0.15, 0.2) is 6.61 Å². The van der Waals surface area contributed by atoms with E-state index in [0.29, 0.717) is 29.5 Å². The Morgan fingerprint density at radius 1 is 1.00 bits per heavy atom. The number of ether oxygens (including phenoxy) is 2. The summed E-state index contributed by atoms with van der Waals surface area (Å²) in [5.41, 5.74) is 2.30. The van der Waals surface area contributed by atoms with Crippen molar-refractivity contribution in [2.45, 2.75) is 33.1 Å². The fourth-order valence-corrected chi connectivity index (χ4v) is 2.38. The Hall–Kier alpha value is -2.82. The van der Waals surface area contributed by atoms with Gasteiger partial charge in [-0.3, -0.25) is 4.79 Å². The van der Waals surface area contributed by atoms with E-state index in [9.17, 15) is 9.59 Å². The van der Waals surface area contributed by atoms with E-state index >= 15 is 0 Å². The summed E-state index contributed by atoms with van der Waals surface area (Å²) in [5, 5.41) is 2.73. The maximum Gasteiger partial charge on any atom is 0.338 e. The van der Waals surface area contributed by atoms with E-state index in [1.165, 1.54) is 5.56 Å². The lowest BCUT2D eigenvalue weighted by Gasteiger charge is -2.11. The van der Waals surface area contributed by atoms with Crippen LogP contribution in [0.2, 0.25) is 0 Å². The average molecular weight is 355 g/mol. The van der Waals surface area contributed by atoms with Crippen LogP contribution in [0.15, 0.2) is 48.5 Å². The molecule has 1 atom stereocenters. The molecule has 0 unspecified atom stereocenters. The number of hydrogen-bond acceptors (Lipinski definition) is 4. The predicted octanol–water partition coefficient (Wildman–Crippen LogP) is 4.39. The summed E-state index contributed by atoms with van der Waals surface area (Å²) in [6.07, 6.45) is 1.08. The minimum atomic E-state index is -0.380. The van der Waals surface area contributed by atoms with Crippen molar-refractivity contribution >= 4 is 17.6 Å². The molecule has 0 fully saturated rings. The molecule has 2 aromatic carbocycles. The average Bonchev–Trinajstić information content (AvgIpc) is 2.67. The number of benzene rings is 2. The van der Waals surface area contributed by atoms with Crippen LogP contribution in [-0.2, 0) is 9.53 Å². The first-order valence-corrected chi connectivity index (χ1v) is 8.83. The molecule has 0 aliphatic carbocycles. The van der Waals surface area contributed by atoms with Gasteiger partial charge in [0, 0.05) is 5.69 Å². The maximum atomic E-state index is 12.0. The highest BCUT2D eigenvalue weighted by Gasteiger charge is 2.08. The molecule has 0 radical (unpaired) electrons. The molecule has 5 heteroatoms. The van der Waals surface area contributed by atoms with Crippen LogP contribution in [0, 0.1) is 0 Å². The van der Waals surface area contributed by atoms with E-state index in [2.05, 4.69) is 19.2 Å². The predicted molar refractivity (Wildman–Crippen MR) is 102 cm³/mol. The van der Waals surface area contributed by atoms with Gasteiger partial charge >= 0.3 is 5.97 Å². The lowest BCUT2D eigenvalue weighted by Crippen LogP contribution is -2.20. The smallest absolute Gasteiger partial charge is 0.338 e. The Kier molecular flexibility index (Phi) is 7.21.